The minimum Gasteiger partial charge on any atom is -0.345 e. The molecular formula is C17H16FN5O3S. The predicted molar refractivity (Wildman–Crippen MR) is 95.0 cm³/mol. The van der Waals surface area contributed by atoms with Crippen LogP contribution in [0.25, 0.3) is 5.69 Å². The number of primary sulfonamides is 1. The lowest BCUT2D eigenvalue weighted by molar-refractivity contribution is 0.0940. The van der Waals surface area contributed by atoms with Crippen LogP contribution < -0.4 is 10.5 Å². The number of amides is 1. The van der Waals surface area contributed by atoms with Crippen molar-refractivity contribution in [1.29, 1.82) is 0 Å². The Bertz CT molecular complexity index is 1080. The van der Waals surface area contributed by atoms with Crippen LogP contribution in [-0.4, -0.2) is 29.1 Å². The average molecular weight is 389 g/mol. The van der Waals surface area contributed by atoms with Gasteiger partial charge in [0.2, 0.25) is 15.8 Å². The Hall–Kier alpha value is -3.11. The van der Waals surface area contributed by atoms with Crippen molar-refractivity contribution in [3.63, 3.8) is 0 Å². The van der Waals surface area contributed by atoms with Gasteiger partial charge in [0.05, 0.1) is 10.6 Å². The minimum atomic E-state index is -3.76. The molecule has 3 N–H and O–H groups in total. The van der Waals surface area contributed by atoms with Crippen LogP contribution in [0.3, 0.4) is 0 Å². The van der Waals surface area contributed by atoms with E-state index in [9.17, 15) is 17.6 Å². The molecule has 1 heterocycles. The molecule has 3 aromatic rings. The summed E-state index contributed by atoms with van der Waals surface area (Å²) in [7, 11) is -3.76. The van der Waals surface area contributed by atoms with Crippen LogP contribution in [0.15, 0.2) is 53.4 Å². The smallest absolute Gasteiger partial charge is 0.291 e. The Kier molecular flexibility index (Phi) is 5.02. The van der Waals surface area contributed by atoms with E-state index in [1.54, 1.807) is 19.1 Å². The van der Waals surface area contributed by atoms with Crippen LogP contribution >= 0.6 is 0 Å². The first-order valence-corrected chi connectivity index (χ1v) is 9.38. The highest BCUT2D eigenvalue weighted by Crippen LogP contribution is 2.11. The molecule has 1 amide bonds. The Morgan fingerprint density at radius 3 is 2.37 bits per heavy atom. The molecule has 0 unspecified atom stereocenters. The Morgan fingerprint density at radius 2 is 1.78 bits per heavy atom. The summed E-state index contributed by atoms with van der Waals surface area (Å²) in [5.41, 5.74) is 1.27. The van der Waals surface area contributed by atoms with Gasteiger partial charge >= 0.3 is 0 Å². The molecule has 1 aromatic heterocycles. The van der Waals surface area contributed by atoms with E-state index < -0.39 is 15.9 Å². The number of aromatic nitrogens is 3. The number of hydrogen-bond acceptors (Lipinski definition) is 5. The number of sulfonamides is 1. The van der Waals surface area contributed by atoms with Gasteiger partial charge in [0.1, 0.15) is 11.6 Å². The summed E-state index contributed by atoms with van der Waals surface area (Å²) in [5.74, 6) is -0.417. The number of nitrogens with zero attached hydrogens (tertiary/aromatic N) is 3. The highest BCUT2D eigenvalue weighted by molar-refractivity contribution is 7.89. The first-order valence-electron chi connectivity index (χ1n) is 7.83. The van der Waals surface area contributed by atoms with E-state index in [1.807, 2.05) is 0 Å². The second-order valence-electron chi connectivity index (χ2n) is 5.74. The lowest BCUT2D eigenvalue weighted by atomic mass is 10.2. The van der Waals surface area contributed by atoms with E-state index in [2.05, 4.69) is 15.4 Å². The summed E-state index contributed by atoms with van der Waals surface area (Å²) < 4.78 is 36.9. The molecule has 0 radical (unpaired) electrons. The first-order chi connectivity index (χ1) is 12.7. The number of rotatable bonds is 5. The van der Waals surface area contributed by atoms with Gasteiger partial charge in [0.25, 0.3) is 5.91 Å². The van der Waals surface area contributed by atoms with E-state index in [0.29, 0.717) is 17.1 Å². The van der Waals surface area contributed by atoms with Gasteiger partial charge in [-0.05, 0) is 48.9 Å². The van der Waals surface area contributed by atoms with Crippen molar-refractivity contribution in [2.75, 3.05) is 0 Å². The lowest BCUT2D eigenvalue weighted by Gasteiger charge is -2.04. The van der Waals surface area contributed by atoms with Gasteiger partial charge in [-0.25, -0.2) is 27.6 Å². The number of halogens is 1. The molecule has 140 valence electrons. The predicted octanol–water partition coefficient (Wildman–Crippen LogP) is 1.29. The van der Waals surface area contributed by atoms with Crippen LogP contribution in [0.1, 0.15) is 22.0 Å². The minimum absolute atomic E-state index is 0.00657. The molecule has 0 aliphatic carbocycles. The number of carbonyl (C=O) groups is 1. The second kappa shape index (κ2) is 7.25. The van der Waals surface area contributed by atoms with E-state index in [1.165, 1.54) is 41.1 Å². The zero-order chi connectivity index (χ0) is 19.6. The molecule has 0 spiro atoms. The van der Waals surface area contributed by atoms with Gasteiger partial charge in [0.15, 0.2) is 0 Å². The number of aryl methyl sites for hydroxylation is 1. The van der Waals surface area contributed by atoms with Gasteiger partial charge < -0.3 is 5.32 Å². The molecule has 0 fully saturated rings. The molecule has 3 rings (SSSR count). The topological polar surface area (TPSA) is 120 Å². The Balaban J connectivity index is 1.70. The summed E-state index contributed by atoms with van der Waals surface area (Å²) in [6, 6.07) is 11.5. The van der Waals surface area contributed by atoms with E-state index in [4.69, 9.17) is 5.14 Å². The normalized spacial score (nSPS) is 11.4. The maximum absolute atomic E-state index is 13.0. The molecule has 0 bridgehead atoms. The second-order valence-corrected chi connectivity index (χ2v) is 7.30. The number of nitrogens with two attached hydrogens (primary N) is 1. The van der Waals surface area contributed by atoms with Crippen molar-refractivity contribution < 1.29 is 17.6 Å². The number of nitrogens with one attached hydrogen (secondary N) is 1. The maximum Gasteiger partial charge on any atom is 0.291 e. The first kappa shape index (κ1) is 18.7. The fourth-order valence-corrected chi connectivity index (χ4v) is 2.89. The summed E-state index contributed by atoms with van der Waals surface area (Å²) in [5, 5.41) is 11.8. The largest absolute Gasteiger partial charge is 0.345 e. The van der Waals surface area contributed by atoms with Crippen molar-refractivity contribution in [2.45, 2.75) is 18.4 Å². The van der Waals surface area contributed by atoms with Crippen molar-refractivity contribution in [3.8, 4) is 5.69 Å². The molecule has 8 nitrogen and oxygen atoms in total. The van der Waals surface area contributed by atoms with E-state index >= 15 is 0 Å². The molecule has 0 saturated carbocycles. The highest BCUT2D eigenvalue weighted by atomic mass is 32.2. The fourth-order valence-electron chi connectivity index (χ4n) is 2.37. The number of hydrogen-bond donors (Lipinski definition) is 2. The summed E-state index contributed by atoms with van der Waals surface area (Å²) in [4.78, 5) is 16.4. The van der Waals surface area contributed by atoms with Crippen molar-refractivity contribution >= 4 is 15.9 Å². The van der Waals surface area contributed by atoms with E-state index in [-0.39, 0.29) is 23.1 Å². The highest BCUT2D eigenvalue weighted by Gasteiger charge is 2.15. The van der Waals surface area contributed by atoms with Crippen molar-refractivity contribution in [3.05, 3.63) is 71.6 Å². The zero-order valence-electron chi connectivity index (χ0n) is 14.3. The number of carbonyl (C=O) groups excluding carboxylic acids is 1. The maximum atomic E-state index is 13.0. The molecule has 0 aliphatic rings. The quantitative estimate of drug-likeness (QED) is 0.681. The van der Waals surface area contributed by atoms with Crippen LogP contribution in [-0.2, 0) is 16.6 Å². The van der Waals surface area contributed by atoms with Crippen LogP contribution in [0.2, 0.25) is 0 Å². The molecule has 27 heavy (non-hydrogen) atoms. The lowest BCUT2D eigenvalue weighted by Crippen LogP contribution is -2.24. The Morgan fingerprint density at radius 1 is 1.15 bits per heavy atom. The fraction of sp³-hybridized carbons (Fsp3) is 0.118. The van der Waals surface area contributed by atoms with Crippen LogP contribution in [0.4, 0.5) is 4.39 Å². The van der Waals surface area contributed by atoms with Crippen molar-refractivity contribution in [2.24, 2.45) is 5.14 Å². The molecular weight excluding hydrogens is 373 g/mol. The van der Waals surface area contributed by atoms with Gasteiger partial charge in [-0.3, -0.25) is 4.79 Å². The SMILES string of the molecule is Cc1nc(C(=O)NCc2ccc(S(N)(=O)=O)cc2)nn1-c1ccc(F)cc1. The monoisotopic (exact) mass is 389 g/mol. The summed E-state index contributed by atoms with van der Waals surface area (Å²) in [6.07, 6.45) is 0. The molecule has 10 heteroatoms. The third-order valence-electron chi connectivity index (χ3n) is 3.75. The van der Waals surface area contributed by atoms with Crippen LogP contribution in [0.5, 0.6) is 0 Å². The standard InChI is InChI=1S/C17H16FN5O3S/c1-11-21-16(22-23(11)14-6-4-13(18)5-7-14)17(24)20-10-12-2-8-15(9-3-12)27(19,25)26/h2-9H,10H2,1H3,(H,20,24)(H2,19,25,26). The van der Waals surface area contributed by atoms with E-state index in [0.717, 1.165) is 0 Å². The molecule has 0 atom stereocenters. The van der Waals surface area contributed by atoms with Gasteiger partial charge in [-0.2, -0.15) is 0 Å². The summed E-state index contributed by atoms with van der Waals surface area (Å²) in [6.45, 7) is 1.84. The van der Waals surface area contributed by atoms with Gasteiger partial charge in [-0.15, -0.1) is 5.10 Å². The zero-order valence-corrected chi connectivity index (χ0v) is 15.1. The number of benzene rings is 2. The molecule has 0 aliphatic heterocycles. The van der Waals surface area contributed by atoms with Crippen LogP contribution in [0, 0.1) is 12.7 Å². The average Bonchev–Trinajstić information content (AvgIpc) is 3.02. The van der Waals surface area contributed by atoms with Gasteiger partial charge in [0, 0.05) is 6.54 Å². The molecule has 0 saturated heterocycles. The Labute approximate surface area is 154 Å². The summed E-state index contributed by atoms with van der Waals surface area (Å²) >= 11 is 0. The third kappa shape index (κ3) is 4.36. The van der Waals surface area contributed by atoms with Gasteiger partial charge in [-0.1, -0.05) is 12.1 Å². The van der Waals surface area contributed by atoms with Crippen molar-refractivity contribution in [1.82, 2.24) is 20.1 Å². The molecule has 2 aromatic carbocycles. The third-order valence-corrected chi connectivity index (χ3v) is 4.68.